The molecule has 0 radical (unpaired) electrons. The lowest BCUT2D eigenvalue weighted by Gasteiger charge is -2.32. The number of guanidine groups is 1. The van der Waals surface area contributed by atoms with Crippen LogP contribution in [0.4, 0.5) is 0 Å². The Morgan fingerprint density at radius 2 is 1.81 bits per heavy atom. The lowest BCUT2D eigenvalue weighted by molar-refractivity contribution is 0.273. The van der Waals surface area contributed by atoms with E-state index >= 15 is 0 Å². The fourth-order valence-corrected chi connectivity index (χ4v) is 3.28. The summed E-state index contributed by atoms with van der Waals surface area (Å²) in [5.74, 6) is 1.80. The van der Waals surface area contributed by atoms with Crippen LogP contribution in [0.5, 0.6) is 0 Å². The number of nitrogens with zero attached hydrogens (tertiary/aromatic N) is 3. The van der Waals surface area contributed by atoms with Crippen molar-refractivity contribution in [3.8, 4) is 0 Å². The van der Waals surface area contributed by atoms with E-state index in [9.17, 15) is 4.79 Å². The normalized spacial score (nSPS) is 15.9. The summed E-state index contributed by atoms with van der Waals surface area (Å²) in [7, 11) is 1.85. The van der Waals surface area contributed by atoms with Crippen LogP contribution < -0.4 is 10.9 Å². The van der Waals surface area contributed by atoms with Gasteiger partial charge in [0.25, 0.3) is 5.56 Å². The van der Waals surface area contributed by atoms with E-state index in [1.807, 2.05) is 19.3 Å². The molecular weight excluding hydrogens is 324 g/mol. The van der Waals surface area contributed by atoms with Crippen molar-refractivity contribution in [2.75, 3.05) is 20.1 Å². The number of piperidine rings is 1. The number of aromatic nitrogens is 1. The topological polar surface area (TPSA) is 49.6 Å². The highest BCUT2D eigenvalue weighted by atomic mass is 16.1. The highest BCUT2D eigenvalue weighted by Gasteiger charge is 2.18. The van der Waals surface area contributed by atoms with Crippen LogP contribution >= 0.6 is 0 Å². The van der Waals surface area contributed by atoms with Crippen molar-refractivity contribution in [1.29, 1.82) is 0 Å². The van der Waals surface area contributed by atoms with Gasteiger partial charge in [0, 0.05) is 38.9 Å². The van der Waals surface area contributed by atoms with Crippen molar-refractivity contribution in [3.05, 3.63) is 70.1 Å². The van der Waals surface area contributed by atoms with E-state index in [2.05, 4.69) is 46.4 Å². The van der Waals surface area contributed by atoms with Crippen LogP contribution in [0.1, 0.15) is 30.9 Å². The molecule has 26 heavy (non-hydrogen) atoms. The first-order valence-electron chi connectivity index (χ1n) is 9.34. The van der Waals surface area contributed by atoms with Crippen molar-refractivity contribution < 1.29 is 0 Å². The Bertz CT molecular complexity index is 786. The van der Waals surface area contributed by atoms with Crippen molar-refractivity contribution in [1.82, 2.24) is 14.8 Å². The monoisotopic (exact) mass is 352 g/mol. The Morgan fingerprint density at radius 1 is 1.12 bits per heavy atom. The number of nitrogens with one attached hydrogen (secondary N) is 1. The molecule has 2 heterocycles. The number of likely N-dealkylation sites (tertiary alicyclic amines) is 1. The average molecular weight is 352 g/mol. The zero-order chi connectivity index (χ0) is 18.4. The molecule has 1 aliphatic heterocycles. The van der Waals surface area contributed by atoms with Crippen LogP contribution in [0.2, 0.25) is 0 Å². The second-order valence-electron chi connectivity index (χ2n) is 7.05. The van der Waals surface area contributed by atoms with Gasteiger partial charge in [0.1, 0.15) is 0 Å². The smallest absolute Gasteiger partial charge is 0.250 e. The minimum absolute atomic E-state index is 0.0258. The summed E-state index contributed by atoms with van der Waals surface area (Å²) in [6, 6.07) is 13.6. The number of hydrogen-bond acceptors (Lipinski definition) is 2. The van der Waals surface area contributed by atoms with Crippen molar-refractivity contribution in [2.24, 2.45) is 10.9 Å². The maximum Gasteiger partial charge on any atom is 0.250 e. The SMILES string of the molecule is CN=C(NCc1ccc(Cn2ccccc2=O)cc1)N1CCC(C)CC1. The van der Waals surface area contributed by atoms with Crippen LogP contribution in [0, 0.1) is 5.92 Å². The highest BCUT2D eigenvalue weighted by Crippen LogP contribution is 2.16. The fourth-order valence-electron chi connectivity index (χ4n) is 3.28. The molecule has 1 aromatic heterocycles. The van der Waals surface area contributed by atoms with Gasteiger partial charge in [-0.05, 0) is 36.0 Å². The minimum atomic E-state index is 0.0258. The van der Waals surface area contributed by atoms with Crippen molar-refractivity contribution >= 4 is 5.96 Å². The predicted octanol–water partition coefficient (Wildman–Crippen LogP) is 2.70. The molecule has 1 N–H and O–H groups in total. The molecule has 0 saturated carbocycles. The van der Waals surface area contributed by atoms with Crippen LogP contribution in [-0.4, -0.2) is 35.6 Å². The minimum Gasteiger partial charge on any atom is -0.352 e. The number of pyridine rings is 1. The second-order valence-corrected chi connectivity index (χ2v) is 7.05. The molecule has 0 amide bonds. The number of hydrogen-bond donors (Lipinski definition) is 1. The largest absolute Gasteiger partial charge is 0.352 e. The zero-order valence-corrected chi connectivity index (χ0v) is 15.7. The molecule has 1 aromatic carbocycles. The third-order valence-electron chi connectivity index (χ3n) is 5.02. The first-order valence-corrected chi connectivity index (χ1v) is 9.34. The average Bonchev–Trinajstić information content (AvgIpc) is 2.67. The Hall–Kier alpha value is -2.56. The Balaban J connectivity index is 1.55. The third-order valence-corrected chi connectivity index (χ3v) is 5.02. The molecule has 1 saturated heterocycles. The molecule has 0 aliphatic carbocycles. The molecule has 1 aliphatic rings. The van der Waals surface area contributed by atoms with Gasteiger partial charge in [-0.1, -0.05) is 37.3 Å². The molecular formula is C21H28N4O. The van der Waals surface area contributed by atoms with E-state index in [0.29, 0.717) is 6.54 Å². The molecule has 2 aromatic rings. The predicted molar refractivity (Wildman–Crippen MR) is 106 cm³/mol. The van der Waals surface area contributed by atoms with Gasteiger partial charge in [-0.2, -0.15) is 0 Å². The van der Waals surface area contributed by atoms with Gasteiger partial charge < -0.3 is 14.8 Å². The van der Waals surface area contributed by atoms with Gasteiger partial charge in [0.05, 0.1) is 6.54 Å². The van der Waals surface area contributed by atoms with E-state index in [1.165, 1.54) is 18.4 Å². The molecule has 5 nitrogen and oxygen atoms in total. The quantitative estimate of drug-likeness (QED) is 0.680. The summed E-state index contributed by atoms with van der Waals surface area (Å²) in [6.45, 7) is 5.82. The van der Waals surface area contributed by atoms with Crippen LogP contribution in [0.15, 0.2) is 58.4 Å². The number of benzene rings is 1. The summed E-state index contributed by atoms with van der Waals surface area (Å²) >= 11 is 0. The second kappa shape index (κ2) is 8.70. The fraction of sp³-hybridized carbons (Fsp3) is 0.429. The van der Waals surface area contributed by atoms with Crippen LogP contribution in [0.25, 0.3) is 0 Å². The van der Waals surface area contributed by atoms with Crippen molar-refractivity contribution in [2.45, 2.75) is 32.9 Å². The lowest BCUT2D eigenvalue weighted by Crippen LogP contribution is -2.45. The first kappa shape index (κ1) is 18.2. The van der Waals surface area contributed by atoms with Gasteiger partial charge >= 0.3 is 0 Å². The van der Waals surface area contributed by atoms with Crippen LogP contribution in [-0.2, 0) is 13.1 Å². The van der Waals surface area contributed by atoms with Crippen molar-refractivity contribution in [3.63, 3.8) is 0 Å². The summed E-state index contributed by atoms with van der Waals surface area (Å²) < 4.78 is 1.71. The number of aliphatic imine (C=N–C) groups is 1. The Kier molecular flexibility index (Phi) is 6.10. The molecule has 0 unspecified atom stereocenters. The van der Waals surface area contributed by atoms with E-state index in [4.69, 9.17) is 0 Å². The van der Waals surface area contributed by atoms with Crippen LogP contribution in [0.3, 0.4) is 0 Å². The number of rotatable bonds is 4. The Morgan fingerprint density at radius 3 is 2.46 bits per heavy atom. The van der Waals surface area contributed by atoms with Gasteiger partial charge in [-0.25, -0.2) is 0 Å². The van der Waals surface area contributed by atoms with E-state index < -0.39 is 0 Å². The zero-order valence-electron chi connectivity index (χ0n) is 15.7. The first-order chi connectivity index (χ1) is 12.7. The lowest BCUT2D eigenvalue weighted by atomic mass is 9.99. The molecule has 3 rings (SSSR count). The Labute approximate surface area is 155 Å². The van der Waals surface area contributed by atoms with Gasteiger partial charge in [0.15, 0.2) is 5.96 Å². The van der Waals surface area contributed by atoms with Gasteiger partial charge in [0.2, 0.25) is 0 Å². The molecule has 1 fully saturated rings. The maximum atomic E-state index is 11.8. The molecule has 0 bridgehead atoms. The standard InChI is InChI=1S/C21H28N4O/c1-17-10-13-24(14-11-17)21(22-2)23-15-18-6-8-19(9-7-18)16-25-12-4-3-5-20(25)26/h3-9,12,17H,10-11,13-16H2,1-2H3,(H,22,23). The van der Waals surface area contributed by atoms with E-state index in [-0.39, 0.29) is 5.56 Å². The van der Waals surface area contributed by atoms with Gasteiger partial charge in [-0.3, -0.25) is 9.79 Å². The highest BCUT2D eigenvalue weighted by molar-refractivity contribution is 5.79. The summed E-state index contributed by atoms with van der Waals surface area (Å²) in [5.41, 5.74) is 2.36. The molecule has 138 valence electrons. The summed E-state index contributed by atoms with van der Waals surface area (Å²) in [5, 5.41) is 3.47. The van der Waals surface area contributed by atoms with E-state index in [1.54, 1.807) is 16.7 Å². The van der Waals surface area contributed by atoms with E-state index in [0.717, 1.165) is 37.1 Å². The summed E-state index contributed by atoms with van der Waals surface area (Å²) in [6.07, 6.45) is 4.28. The third kappa shape index (κ3) is 4.75. The molecule has 5 heteroatoms. The maximum absolute atomic E-state index is 11.8. The molecule has 0 atom stereocenters. The molecule has 0 spiro atoms. The summed E-state index contributed by atoms with van der Waals surface area (Å²) in [4.78, 5) is 18.6. The van der Waals surface area contributed by atoms with Gasteiger partial charge in [-0.15, -0.1) is 0 Å².